The second-order valence-corrected chi connectivity index (χ2v) is 5.93. The Hall–Kier alpha value is -2.40. The molecule has 5 heteroatoms. The van der Waals surface area contributed by atoms with Crippen LogP contribution < -0.4 is 10.6 Å². The first-order valence-corrected chi connectivity index (χ1v) is 7.88. The SMILES string of the molecule is C=CC(=O)Nc1ccc(C(=O)N[C@@H](C)c2ccc(Br)cc2)cc1. The van der Waals surface area contributed by atoms with Crippen molar-refractivity contribution in [2.75, 3.05) is 5.32 Å². The van der Waals surface area contributed by atoms with Crippen molar-refractivity contribution in [2.24, 2.45) is 0 Å². The van der Waals surface area contributed by atoms with E-state index in [9.17, 15) is 9.59 Å². The van der Waals surface area contributed by atoms with E-state index < -0.39 is 0 Å². The summed E-state index contributed by atoms with van der Waals surface area (Å²) in [5, 5.41) is 5.58. The van der Waals surface area contributed by atoms with Gasteiger partial charge in [-0.2, -0.15) is 0 Å². The van der Waals surface area contributed by atoms with Crippen LogP contribution in [-0.4, -0.2) is 11.8 Å². The van der Waals surface area contributed by atoms with Gasteiger partial charge in [0.15, 0.2) is 0 Å². The number of hydrogen-bond donors (Lipinski definition) is 2. The molecular weight excluding hydrogens is 356 g/mol. The highest BCUT2D eigenvalue weighted by molar-refractivity contribution is 9.10. The minimum absolute atomic E-state index is 0.101. The van der Waals surface area contributed by atoms with E-state index in [2.05, 4.69) is 33.1 Å². The van der Waals surface area contributed by atoms with Crippen molar-refractivity contribution in [1.82, 2.24) is 5.32 Å². The zero-order chi connectivity index (χ0) is 16.8. The molecule has 0 heterocycles. The van der Waals surface area contributed by atoms with Gasteiger partial charge in [-0.15, -0.1) is 0 Å². The summed E-state index contributed by atoms with van der Waals surface area (Å²) < 4.78 is 0.997. The number of carbonyl (C=O) groups is 2. The first-order chi connectivity index (χ1) is 11.0. The van der Waals surface area contributed by atoms with Gasteiger partial charge in [-0.3, -0.25) is 9.59 Å². The molecule has 0 aliphatic carbocycles. The van der Waals surface area contributed by atoms with E-state index in [0.29, 0.717) is 11.3 Å². The van der Waals surface area contributed by atoms with Crippen molar-refractivity contribution in [1.29, 1.82) is 0 Å². The smallest absolute Gasteiger partial charge is 0.251 e. The van der Waals surface area contributed by atoms with Gasteiger partial charge < -0.3 is 10.6 Å². The molecule has 0 fully saturated rings. The maximum atomic E-state index is 12.3. The quantitative estimate of drug-likeness (QED) is 0.777. The number of halogens is 1. The third-order valence-electron chi connectivity index (χ3n) is 3.32. The zero-order valence-electron chi connectivity index (χ0n) is 12.7. The van der Waals surface area contributed by atoms with Gasteiger partial charge in [-0.1, -0.05) is 34.6 Å². The van der Waals surface area contributed by atoms with Gasteiger partial charge in [0.2, 0.25) is 5.91 Å². The molecule has 0 saturated heterocycles. The largest absolute Gasteiger partial charge is 0.346 e. The highest BCUT2D eigenvalue weighted by atomic mass is 79.9. The molecule has 4 nitrogen and oxygen atoms in total. The first-order valence-electron chi connectivity index (χ1n) is 7.09. The van der Waals surface area contributed by atoms with Crippen LogP contribution in [-0.2, 0) is 4.79 Å². The molecule has 0 aliphatic heterocycles. The summed E-state index contributed by atoms with van der Waals surface area (Å²) in [5.74, 6) is -0.451. The van der Waals surface area contributed by atoms with Crippen LogP contribution in [0.15, 0.2) is 65.7 Å². The highest BCUT2D eigenvalue weighted by Crippen LogP contribution is 2.17. The number of rotatable bonds is 5. The van der Waals surface area contributed by atoms with Crippen molar-refractivity contribution in [3.8, 4) is 0 Å². The first kappa shape index (κ1) is 17.0. The monoisotopic (exact) mass is 372 g/mol. The summed E-state index contributed by atoms with van der Waals surface area (Å²) in [7, 11) is 0. The Bertz CT molecular complexity index is 709. The van der Waals surface area contributed by atoms with Gasteiger partial charge in [0, 0.05) is 15.7 Å². The molecule has 2 amide bonds. The predicted octanol–water partition coefficient (Wildman–Crippen LogP) is 4.06. The second kappa shape index (κ2) is 7.74. The molecule has 23 heavy (non-hydrogen) atoms. The minimum Gasteiger partial charge on any atom is -0.346 e. The molecule has 0 saturated carbocycles. The summed E-state index contributed by atoms with van der Waals surface area (Å²) >= 11 is 3.39. The summed E-state index contributed by atoms with van der Waals surface area (Å²) in [6, 6.07) is 14.4. The number of amides is 2. The Morgan fingerprint density at radius 2 is 1.70 bits per heavy atom. The van der Waals surface area contributed by atoms with Gasteiger partial charge in [-0.05, 0) is 55.0 Å². The van der Waals surface area contributed by atoms with Crippen molar-refractivity contribution in [3.05, 3.63) is 76.8 Å². The molecule has 2 aromatic carbocycles. The molecule has 0 unspecified atom stereocenters. The molecule has 0 aromatic heterocycles. The lowest BCUT2D eigenvalue weighted by atomic mass is 10.1. The zero-order valence-corrected chi connectivity index (χ0v) is 14.3. The van der Waals surface area contributed by atoms with Crippen LogP contribution in [0.1, 0.15) is 28.9 Å². The lowest BCUT2D eigenvalue weighted by molar-refractivity contribution is -0.111. The van der Waals surface area contributed by atoms with E-state index in [4.69, 9.17) is 0 Å². The molecule has 1 atom stereocenters. The van der Waals surface area contributed by atoms with Crippen LogP contribution in [0, 0.1) is 0 Å². The molecule has 0 radical (unpaired) electrons. The van der Waals surface area contributed by atoms with E-state index >= 15 is 0 Å². The van der Waals surface area contributed by atoms with Crippen molar-refractivity contribution >= 4 is 33.4 Å². The fourth-order valence-corrected chi connectivity index (χ4v) is 2.28. The highest BCUT2D eigenvalue weighted by Gasteiger charge is 2.11. The summed E-state index contributed by atoms with van der Waals surface area (Å²) in [6.45, 7) is 5.32. The Balaban J connectivity index is 2.01. The van der Waals surface area contributed by atoms with E-state index in [1.807, 2.05) is 31.2 Å². The number of carbonyl (C=O) groups excluding carboxylic acids is 2. The number of nitrogens with one attached hydrogen (secondary N) is 2. The molecular formula is C18H17BrN2O2. The molecule has 0 aliphatic rings. The Morgan fingerprint density at radius 3 is 2.26 bits per heavy atom. The molecule has 2 N–H and O–H groups in total. The maximum Gasteiger partial charge on any atom is 0.251 e. The van der Waals surface area contributed by atoms with Gasteiger partial charge in [-0.25, -0.2) is 0 Å². The number of hydrogen-bond acceptors (Lipinski definition) is 2. The van der Waals surface area contributed by atoms with E-state index in [-0.39, 0.29) is 17.9 Å². The standard InChI is InChI=1S/C18H17BrN2O2/c1-3-17(22)21-16-10-6-14(7-11-16)18(23)20-12(2)13-4-8-15(19)9-5-13/h3-12H,1H2,2H3,(H,20,23)(H,21,22)/t12-/m0/s1. The van der Waals surface area contributed by atoms with Gasteiger partial charge in [0.1, 0.15) is 0 Å². The number of anilines is 1. The number of benzene rings is 2. The van der Waals surface area contributed by atoms with Gasteiger partial charge in [0.25, 0.3) is 5.91 Å². The average molecular weight is 373 g/mol. The molecule has 118 valence electrons. The fraction of sp³-hybridized carbons (Fsp3) is 0.111. The van der Waals surface area contributed by atoms with Gasteiger partial charge >= 0.3 is 0 Å². The van der Waals surface area contributed by atoms with E-state index in [0.717, 1.165) is 10.0 Å². The topological polar surface area (TPSA) is 58.2 Å². The maximum absolute atomic E-state index is 12.3. The third-order valence-corrected chi connectivity index (χ3v) is 3.85. The van der Waals surface area contributed by atoms with Gasteiger partial charge in [0.05, 0.1) is 6.04 Å². The Kier molecular flexibility index (Phi) is 5.71. The van der Waals surface area contributed by atoms with Crippen molar-refractivity contribution in [3.63, 3.8) is 0 Å². The Labute approximate surface area is 143 Å². The summed E-state index contributed by atoms with van der Waals surface area (Å²) in [6.07, 6.45) is 1.19. The lowest BCUT2D eigenvalue weighted by Gasteiger charge is -2.14. The van der Waals surface area contributed by atoms with Crippen LogP contribution in [0.5, 0.6) is 0 Å². The minimum atomic E-state index is -0.286. The lowest BCUT2D eigenvalue weighted by Crippen LogP contribution is -2.26. The average Bonchev–Trinajstić information content (AvgIpc) is 2.55. The normalized spacial score (nSPS) is 11.4. The van der Waals surface area contributed by atoms with Crippen molar-refractivity contribution in [2.45, 2.75) is 13.0 Å². The predicted molar refractivity (Wildman–Crippen MR) is 95.3 cm³/mol. The van der Waals surface area contributed by atoms with Crippen LogP contribution in [0.2, 0.25) is 0 Å². The fourth-order valence-electron chi connectivity index (χ4n) is 2.01. The molecule has 2 aromatic rings. The third kappa shape index (κ3) is 4.79. The van der Waals surface area contributed by atoms with Crippen LogP contribution >= 0.6 is 15.9 Å². The molecule has 0 bridgehead atoms. The van der Waals surface area contributed by atoms with Crippen LogP contribution in [0.3, 0.4) is 0 Å². The summed E-state index contributed by atoms with van der Waals surface area (Å²) in [4.78, 5) is 23.5. The Morgan fingerprint density at radius 1 is 1.09 bits per heavy atom. The van der Waals surface area contributed by atoms with E-state index in [1.54, 1.807) is 24.3 Å². The summed E-state index contributed by atoms with van der Waals surface area (Å²) in [5.41, 5.74) is 2.18. The second-order valence-electron chi connectivity index (χ2n) is 5.02. The van der Waals surface area contributed by atoms with Crippen LogP contribution in [0.25, 0.3) is 0 Å². The van der Waals surface area contributed by atoms with Crippen molar-refractivity contribution < 1.29 is 9.59 Å². The van der Waals surface area contributed by atoms with Crippen LogP contribution in [0.4, 0.5) is 5.69 Å². The van der Waals surface area contributed by atoms with E-state index in [1.165, 1.54) is 6.08 Å². The molecule has 0 spiro atoms. The molecule has 2 rings (SSSR count).